The van der Waals surface area contributed by atoms with E-state index in [2.05, 4.69) is 5.32 Å². The average molecular weight is 308 g/mol. The van der Waals surface area contributed by atoms with Gasteiger partial charge in [0.2, 0.25) is 0 Å². The lowest BCUT2D eigenvalue weighted by Gasteiger charge is -2.13. The molecule has 1 aromatic carbocycles. The normalized spacial score (nSPS) is 20.4. The Morgan fingerprint density at radius 1 is 1.41 bits per heavy atom. The molecule has 0 saturated heterocycles. The van der Waals surface area contributed by atoms with E-state index >= 15 is 0 Å². The van der Waals surface area contributed by atoms with Gasteiger partial charge < -0.3 is 15.2 Å². The highest BCUT2D eigenvalue weighted by Gasteiger charge is 2.30. The third-order valence-electron chi connectivity index (χ3n) is 3.55. The van der Waals surface area contributed by atoms with Crippen molar-refractivity contribution in [2.75, 3.05) is 6.61 Å². The second-order valence-corrected chi connectivity index (χ2v) is 5.16. The minimum atomic E-state index is -0.843. The molecule has 1 fully saturated rings. The standard InChI is InChI=1S/C14H16N2O6/c17-13(15-10-5-4-9(6-10)14(18)19)8-22-12-3-1-2-11(7-12)16(20)21/h1-3,7,9-10H,4-6,8H2,(H,15,17)(H,18,19)/t9-,10+/m1/s1. The summed E-state index contributed by atoms with van der Waals surface area (Å²) >= 11 is 0. The van der Waals surface area contributed by atoms with Gasteiger partial charge in [-0.3, -0.25) is 19.7 Å². The summed E-state index contributed by atoms with van der Waals surface area (Å²) in [6, 6.07) is 5.40. The first-order valence-electron chi connectivity index (χ1n) is 6.85. The Bertz CT molecular complexity index is 588. The van der Waals surface area contributed by atoms with Crippen LogP contribution in [0.4, 0.5) is 5.69 Å². The Morgan fingerprint density at radius 2 is 2.18 bits per heavy atom. The number of carbonyl (C=O) groups excluding carboxylic acids is 1. The van der Waals surface area contributed by atoms with Crippen LogP contribution in [0.3, 0.4) is 0 Å². The molecule has 1 aromatic rings. The topological polar surface area (TPSA) is 119 Å². The highest BCUT2D eigenvalue weighted by molar-refractivity contribution is 5.78. The number of hydrogen-bond acceptors (Lipinski definition) is 5. The Morgan fingerprint density at radius 3 is 2.82 bits per heavy atom. The lowest BCUT2D eigenvalue weighted by atomic mass is 10.1. The van der Waals surface area contributed by atoms with E-state index in [0.717, 1.165) is 0 Å². The van der Waals surface area contributed by atoms with Crippen LogP contribution in [0.2, 0.25) is 0 Å². The first-order valence-corrected chi connectivity index (χ1v) is 6.85. The van der Waals surface area contributed by atoms with Crippen LogP contribution in [0.15, 0.2) is 24.3 Å². The number of hydrogen-bond donors (Lipinski definition) is 2. The fourth-order valence-electron chi connectivity index (χ4n) is 2.44. The molecule has 0 unspecified atom stereocenters. The molecule has 0 spiro atoms. The minimum Gasteiger partial charge on any atom is -0.484 e. The van der Waals surface area contributed by atoms with Gasteiger partial charge in [0.05, 0.1) is 16.9 Å². The van der Waals surface area contributed by atoms with Gasteiger partial charge in [0.15, 0.2) is 6.61 Å². The number of nitro groups is 1. The Kier molecular flexibility index (Phi) is 4.92. The van der Waals surface area contributed by atoms with E-state index in [9.17, 15) is 19.7 Å². The zero-order valence-corrected chi connectivity index (χ0v) is 11.7. The van der Waals surface area contributed by atoms with E-state index in [1.54, 1.807) is 0 Å². The molecule has 2 rings (SSSR count). The van der Waals surface area contributed by atoms with Crippen molar-refractivity contribution in [3.63, 3.8) is 0 Å². The monoisotopic (exact) mass is 308 g/mol. The second kappa shape index (κ2) is 6.88. The zero-order valence-electron chi connectivity index (χ0n) is 11.7. The quantitative estimate of drug-likeness (QED) is 0.604. The molecule has 0 bridgehead atoms. The van der Waals surface area contributed by atoms with Crippen LogP contribution in [-0.2, 0) is 9.59 Å². The number of carboxylic acid groups (broad SMARTS) is 1. The van der Waals surface area contributed by atoms with Gasteiger partial charge in [0.1, 0.15) is 5.75 Å². The number of nitrogens with zero attached hydrogens (tertiary/aromatic N) is 1. The first-order chi connectivity index (χ1) is 10.5. The molecule has 2 N–H and O–H groups in total. The molecule has 0 heterocycles. The Hall–Kier alpha value is -2.64. The Labute approximate surface area is 126 Å². The highest BCUT2D eigenvalue weighted by Crippen LogP contribution is 2.25. The SMILES string of the molecule is O=C(COc1cccc([N+](=O)[O-])c1)N[C@H]1CC[C@@H](C(=O)O)C1. The van der Waals surface area contributed by atoms with Crippen molar-refractivity contribution in [2.24, 2.45) is 5.92 Å². The predicted molar refractivity (Wildman–Crippen MR) is 75.5 cm³/mol. The molecule has 1 aliphatic carbocycles. The Balaban J connectivity index is 1.80. The van der Waals surface area contributed by atoms with Gasteiger partial charge >= 0.3 is 5.97 Å². The van der Waals surface area contributed by atoms with Crippen LogP contribution < -0.4 is 10.1 Å². The van der Waals surface area contributed by atoms with Crippen molar-refractivity contribution >= 4 is 17.6 Å². The zero-order chi connectivity index (χ0) is 16.1. The number of carbonyl (C=O) groups is 2. The van der Waals surface area contributed by atoms with Crippen molar-refractivity contribution in [1.82, 2.24) is 5.32 Å². The number of benzene rings is 1. The fourth-order valence-corrected chi connectivity index (χ4v) is 2.44. The van der Waals surface area contributed by atoms with Crippen LogP contribution in [0.25, 0.3) is 0 Å². The number of aliphatic carboxylic acids is 1. The maximum absolute atomic E-state index is 11.8. The fraction of sp³-hybridized carbons (Fsp3) is 0.429. The van der Waals surface area contributed by atoms with Gasteiger partial charge in [-0.2, -0.15) is 0 Å². The summed E-state index contributed by atoms with van der Waals surface area (Å²) < 4.78 is 5.21. The molecule has 8 heteroatoms. The molecule has 22 heavy (non-hydrogen) atoms. The minimum absolute atomic E-state index is 0.113. The second-order valence-electron chi connectivity index (χ2n) is 5.16. The summed E-state index contributed by atoms with van der Waals surface area (Å²) in [7, 11) is 0. The maximum Gasteiger partial charge on any atom is 0.306 e. The van der Waals surface area contributed by atoms with Crippen molar-refractivity contribution in [1.29, 1.82) is 0 Å². The number of amides is 1. The van der Waals surface area contributed by atoms with Crippen LogP contribution in [0.1, 0.15) is 19.3 Å². The lowest BCUT2D eigenvalue weighted by Crippen LogP contribution is -2.36. The van der Waals surface area contributed by atoms with Crippen molar-refractivity contribution in [3.05, 3.63) is 34.4 Å². The van der Waals surface area contributed by atoms with E-state index in [4.69, 9.17) is 9.84 Å². The average Bonchev–Trinajstić information content (AvgIpc) is 2.94. The van der Waals surface area contributed by atoms with Crippen LogP contribution in [0.5, 0.6) is 5.75 Å². The van der Waals surface area contributed by atoms with Gasteiger partial charge in [0, 0.05) is 12.1 Å². The number of rotatable bonds is 6. The molecule has 118 valence electrons. The molecule has 1 aliphatic rings. The maximum atomic E-state index is 11.8. The largest absolute Gasteiger partial charge is 0.484 e. The third-order valence-corrected chi connectivity index (χ3v) is 3.55. The van der Waals surface area contributed by atoms with Gasteiger partial charge in [-0.05, 0) is 25.3 Å². The van der Waals surface area contributed by atoms with E-state index in [-0.39, 0.29) is 30.0 Å². The summed E-state index contributed by atoms with van der Waals surface area (Å²) in [5.74, 6) is -1.39. The molecule has 1 saturated carbocycles. The molecule has 2 atom stereocenters. The summed E-state index contributed by atoms with van der Waals surface area (Å²) in [6.45, 7) is -0.268. The van der Waals surface area contributed by atoms with Crippen molar-refractivity contribution in [2.45, 2.75) is 25.3 Å². The van der Waals surface area contributed by atoms with E-state index in [1.165, 1.54) is 24.3 Å². The van der Waals surface area contributed by atoms with Crippen LogP contribution in [-0.4, -0.2) is 34.6 Å². The number of carboxylic acids is 1. The summed E-state index contributed by atoms with van der Waals surface area (Å²) in [5, 5.41) is 22.2. The number of nitro benzene ring substituents is 1. The van der Waals surface area contributed by atoms with E-state index in [1.807, 2.05) is 0 Å². The van der Waals surface area contributed by atoms with Crippen molar-refractivity contribution < 1.29 is 24.4 Å². The summed E-state index contributed by atoms with van der Waals surface area (Å²) in [5.41, 5.74) is -0.113. The van der Waals surface area contributed by atoms with Gasteiger partial charge in [-0.15, -0.1) is 0 Å². The summed E-state index contributed by atoms with van der Waals surface area (Å²) in [4.78, 5) is 32.7. The van der Waals surface area contributed by atoms with Gasteiger partial charge in [0.25, 0.3) is 11.6 Å². The molecule has 1 amide bonds. The van der Waals surface area contributed by atoms with E-state index < -0.39 is 16.8 Å². The van der Waals surface area contributed by atoms with Gasteiger partial charge in [-0.25, -0.2) is 0 Å². The number of non-ortho nitro benzene ring substituents is 1. The number of ether oxygens (including phenoxy) is 1. The third kappa shape index (κ3) is 4.18. The molecule has 0 aliphatic heterocycles. The van der Waals surface area contributed by atoms with E-state index in [0.29, 0.717) is 19.3 Å². The predicted octanol–water partition coefficient (Wildman–Crippen LogP) is 1.34. The van der Waals surface area contributed by atoms with Gasteiger partial charge in [-0.1, -0.05) is 6.07 Å². The highest BCUT2D eigenvalue weighted by atomic mass is 16.6. The smallest absolute Gasteiger partial charge is 0.306 e. The molecule has 0 aromatic heterocycles. The van der Waals surface area contributed by atoms with Crippen molar-refractivity contribution in [3.8, 4) is 5.75 Å². The van der Waals surface area contributed by atoms with Crippen LogP contribution >= 0.6 is 0 Å². The molecule has 8 nitrogen and oxygen atoms in total. The molecule has 0 radical (unpaired) electrons. The molecular weight excluding hydrogens is 292 g/mol. The lowest BCUT2D eigenvalue weighted by molar-refractivity contribution is -0.384. The summed E-state index contributed by atoms with van der Waals surface area (Å²) in [6.07, 6.45) is 1.59. The van der Waals surface area contributed by atoms with Crippen LogP contribution in [0, 0.1) is 16.0 Å². The number of nitrogens with one attached hydrogen (secondary N) is 1. The molecular formula is C14H16N2O6. The first kappa shape index (κ1) is 15.7.